The Hall–Kier alpha value is -2.27. The highest BCUT2D eigenvalue weighted by Crippen LogP contribution is 2.15. The summed E-state index contributed by atoms with van der Waals surface area (Å²) in [7, 11) is 0. The number of amides is 1. The van der Waals surface area contributed by atoms with Crippen LogP contribution in [0, 0.1) is 5.82 Å². The number of anilines is 2. The molecule has 6 heteroatoms. The third-order valence-corrected chi connectivity index (χ3v) is 2.75. The van der Waals surface area contributed by atoms with E-state index in [9.17, 15) is 9.18 Å². The van der Waals surface area contributed by atoms with Crippen molar-refractivity contribution in [1.29, 1.82) is 0 Å². The highest BCUT2D eigenvalue weighted by atomic mass is 35.5. The maximum atomic E-state index is 12.7. The molecule has 0 aromatic heterocycles. The van der Waals surface area contributed by atoms with Crippen molar-refractivity contribution in [2.24, 2.45) is 0 Å². The predicted molar refractivity (Wildman–Crippen MR) is 88.4 cm³/mol. The maximum absolute atomic E-state index is 12.7. The van der Waals surface area contributed by atoms with Gasteiger partial charge in [-0.25, -0.2) is 4.39 Å². The first kappa shape index (κ1) is 17.8. The van der Waals surface area contributed by atoms with Crippen LogP contribution in [0.3, 0.4) is 0 Å². The first-order valence-electron chi connectivity index (χ1n) is 6.69. The number of halogens is 2. The fourth-order valence-corrected chi connectivity index (χ4v) is 1.76. The van der Waals surface area contributed by atoms with Crippen molar-refractivity contribution in [3.05, 3.63) is 54.3 Å². The molecule has 0 unspecified atom stereocenters. The molecule has 0 heterocycles. The van der Waals surface area contributed by atoms with Crippen molar-refractivity contribution in [3.63, 3.8) is 0 Å². The molecule has 118 valence electrons. The summed E-state index contributed by atoms with van der Waals surface area (Å²) >= 11 is 0. The van der Waals surface area contributed by atoms with Gasteiger partial charge in [0, 0.05) is 11.4 Å². The quantitative estimate of drug-likeness (QED) is 0.852. The van der Waals surface area contributed by atoms with Crippen LogP contribution in [0.5, 0.6) is 5.75 Å². The molecule has 4 nitrogen and oxygen atoms in total. The van der Waals surface area contributed by atoms with Gasteiger partial charge in [-0.2, -0.15) is 0 Å². The van der Waals surface area contributed by atoms with E-state index in [2.05, 4.69) is 10.6 Å². The summed E-state index contributed by atoms with van der Waals surface area (Å²) in [4.78, 5) is 11.7. The van der Waals surface area contributed by atoms with Crippen LogP contribution < -0.4 is 15.4 Å². The van der Waals surface area contributed by atoms with Crippen molar-refractivity contribution in [3.8, 4) is 5.75 Å². The Labute approximate surface area is 135 Å². The molecule has 0 bridgehead atoms. The second kappa shape index (κ2) is 8.89. The van der Waals surface area contributed by atoms with Crippen LogP contribution in [0.25, 0.3) is 0 Å². The van der Waals surface area contributed by atoms with Gasteiger partial charge in [0.15, 0.2) is 0 Å². The summed E-state index contributed by atoms with van der Waals surface area (Å²) in [5.74, 6) is 0.259. The summed E-state index contributed by atoms with van der Waals surface area (Å²) in [6.45, 7) is 2.67. The minimum Gasteiger partial charge on any atom is -0.494 e. The normalized spacial score (nSPS) is 9.55. The molecule has 0 spiro atoms. The summed E-state index contributed by atoms with van der Waals surface area (Å²) in [5.41, 5.74) is 1.39. The Morgan fingerprint density at radius 2 is 1.64 bits per heavy atom. The van der Waals surface area contributed by atoms with Crippen LogP contribution in [-0.4, -0.2) is 19.1 Å². The number of carbonyl (C=O) groups is 1. The van der Waals surface area contributed by atoms with Gasteiger partial charge in [0.2, 0.25) is 5.91 Å². The minimum atomic E-state index is -0.333. The van der Waals surface area contributed by atoms with E-state index in [1.807, 2.05) is 31.2 Å². The van der Waals surface area contributed by atoms with E-state index < -0.39 is 0 Å². The van der Waals surface area contributed by atoms with E-state index in [1.54, 1.807) is 0 Å². The lowest BCUT2D eigenvalue weighted by atomic mass is 10.3. The molecular formula is C16H18ClFN2O2. The molecule has 2 aromatic rings. The maximum Gasteiger partial charge on any atom is 0.243 e. The van der Waals surface area contributed by atoms with Gasteiger partial charge in [-0.05, 0) is 55.5 Å². The van der Waals surface area contributed by atoms with Crippen molar-refractivity contribution in [1.82, 2.24) is 0 Å². The molecule has 1 amide bonds. The zero-order valence-corrected chi connectivity index (χ0v) is 13.0. The highest BCUT2D eigenvalue weighted by molar-refractivity contribution is 5.93. The molecular weight excluding hydrogens is 307 g/mol. The fourth-order valence-electron chi connectivity index (χ4n) is 1.76. The number of hydrogen-bond acceptors (Lipinski definition) is 3. The molecule has 2 N–H and O–H groups in total. The molecule has 0 aliphatic rings. The van der Waals surface area contributed by atoms with Crippen LogP contribution in [0.15, 0.2) is 48.5 Å². The molecule has 0 aliphatic heterocycles. The van der Waals surface area contributed by atoms with Crippen molar-refractivity contribution >= 4 is 29.7 Å². The molecule has 0 saturated carbocycles. The van der Waals surface area contributed by atoms with Crippen LogP contribution in [-0.2, 0) is 4.79 Å². The number of benzene rings is 2. The van der Waals surface area contributed by atoms with E-state index >= 15 is 0 Å². The largest absolute Gasteiger partial charge is 0.494 e. The molecule has 0 atom stereocenters. The van der Waals surface area contributed by atoms with Gasteiger partial charge in [-0.1, -0.05) is 0 Å². The first-order chi connectivity index (χ1) is 10.2. The Balaban J connectivity index is 0.00000242. The van der Waals surface area contributed by atoms with Gasteiger partial charge in [0.05, 0.1) is 13.2 Å². The lowest BCUT2D eigenvalue weighted by Crippen LogP contribution is -2.21. The van der Waals surface area contributed by atoms with Crippen LogP contribution in [0.2, 0.25) is 0 Å². The van der Waals surface area contributed by atoms with E-state index in [1.165, 1.54) is 24.3 Å². The van der Waals surface area contributed by atoms with Gasteiger partial charge in [-0.3, -0.25) is 4.79 Å². The Bertz CT molecular complexity index is 588. The van der Waals surface area contributed by atoms with Gasteiger partial charge in [-0.15, -0.1) is 12.4 Å². The molecule has 0 radical (unpaired) electrons. The third kappa shape index (κ3) is 5.61. The topological polar surface area (TPSA) is 50.4 Å². The lowest BCUT2D eigenvalue weighted by molar-refractivity contribution is -0.114. The number of ether oxygens (including phenoxy) is 1. The second-order valence-electron chi connectivity index (χ2n) is 4.37. The van der Waals surface area contributed by atoms with E-state index in [0.717, 1.165) is 11.4 Å². The fraction of sp³-hybridized carbons (Fsp3) is 0.188. The number of rotatable bonds is 6. The first-order valence-corrected chi connectivity index (χ1v) is 6.69. The standard InChI is InChI=1S/C16H17FN2O2.ClH/c1-2-21-15-9-7-13(8-10-15)18-11-16(20)19-14-5-3-12(17)4-6-14;/h3-10,18H,2,11H2,1H3,(H,19,20);1H. The van der Waals surface area contributed by atoms with Crippen LogP contribution in [0.1, 0.15) is 6.92 Å². The Kier molecular flexibility index (Phi) is 7.19. The van der Waals surface area contributed by atoms with Gasteiger partial charge < -0.3 is 15.4 Å². The summed E-state index contributed by atoms with van der Waals surface area (Å²) in [5, 5.41) is 5.68. The minimum absolute atomic E-state index is 0. The Morgan fingerprint density at radius 1 is 1.05 bits per heavy atom. The lowest BCUT2D eigenvalue weighted by Gasteiger charge is -2.09. The Morgan fingerprint density at radius 3 is 2.23 bits per heavy atom. The smallest absolute Gasteiger partial charge is 0.243 e. The van der Waals surface area contributed by atoms with Crippen molar-refractivity contribution < 1.29 is 13.9 Å². The monoisotopic (exact) mass is 324 g/mol. The molecule has 0 saturated heterocycles. The molecule has 0 aliphatic carbocycles. The number of nitrogens with one attached hydrogen (secondary N) is 2. The van der Waals surface area contributed by atoms with Crippen LogP contribution in [0.4, 0.5) is 15.8 Å². The summed E-state index contributed by atoms with van der Waals surface area (Å²) in [6.07, 6.45) is 0. The summed E-state index contributed by atoms with van der Waals surface area (Å²) < 4.78 is 18.1. The SMILES string of the molecule is CCOc1ccc(NCC(=O)Nc2ccc(F)cc2)cc1.Cl. The predicted octanol–water partition coefficient (Wildman–Crippen LogP) is 3.70. The highest BCUT2D eigenvalue weighted by Gasteiger charge is 2.02. The zero-order chi connectivity index (χ0) is 15.1. The molecule has 2 aromatic carbocycles. The van der Waals surface area contributed by atoms with Crippen LogP contribution >= 0.6 is 12.4 Å². The molecule has 2 rings (SSSR count). The van der Waals surface area contributed by atoms with Gasteiger partial charge in [0.1, 0.15) is 11.6 Å². The molecule has 0 fully saturated rings. The average Bonchev–Trinajstić information content (AvgIpc) is 2.49. The van der Waals surface area contributed by atoms with Gasteiger partial charge >= 0.3 is 0 Å². The van der Waals surface area contributed by atoms with Gasteiger partial charge in [0.25, 0.3) is 0 Å². The molecule has 22 heavy (non-hydrogen) atoms. The van der Waals surface area contributed by atoms with E-state index in [4.69, 9.17) is 4.74 Å². The summed E-state index contributed by atoms with van der Waals surface area (Å²) in [6, 6.07) is 13.0. The number of hydrogen-bond donors (Lipinski definition) is 2. The van der Waals surface area contributed by atoms with E-state index in [0.29, 0.717) is 12.3 Å². The third-order valence-electron chi connectivity index (χ3n) is 2.75. The van der Waals surface area contributed by atoms with Crippen molar-refractivity contribution in [2.75, 3.05) is 23.8 Å². The zero-order valence-electron chi connectivity index (χ0n) is 12.1. The number of carbonyl (C=O) groups excluding carboxylic acids is 1. The van der Waals surface area contributed by atoms with Crippen molar-refractivity contribution in [2.45, 2.75) is 6.92 Å². The average molecular weight is 325 g/mol. The van der Waals surface area contributed by atoms with E-state index in [-0.39, 0.29) is 30.7 Å². The second-order valence-corrected chi connectivity index (χ2v) is 4.37.